The van der Waals surface area contributed by atoms with Gasteiger partial charge in [0.1, 0.15) is 17.5 Å². The van der Waals surface area contributed by atoms with E-state index in [1.54, 1.807) is 11.0 Å². The lowest BCUT2D eigenvalue weighted by molar-refractivity contribution is -0.388. The average molecular weight is 551 g/mol. The molecule has 2 N–H and O–H groups in total. The minimum absolute atomic E-state index is 0.0407. The van der Waals surface area contributed by atoms with Crippen LogP contribution in [-0.2, 0) is 6.18 Å². The SMILES string of the molecule is CCCNC(=O)N1CCN(c2cccc(OC3CCC(Nc4ccc([N+](=O)[O-])c(C(F)(F)F)c4)CC3)n2)CC1. The molecular weight excluding hydrogens is 517 g/mol. The van der Waals surface area contributed by atoms with Crippen molar-refractivity contribution in [1.82, 2.24) is 15.2 Å². The molecule has 4 rings (SSSR count). The van der Waals surface area contributed by atoms with Crippen LogP contribution < -0.4 is 20.3 Å². The van der Waals surface area contributed by atoms with Gasteiger partial charge in [0.05, 0.1) is 4.92 Å². The molecular formula is C26H33F3N6O4. The maximum atomic E-state index is 13.3. The number of amides is 2. The number of hydrogen-bond acceptors (Lipinski definition) is 7. The Morgan fingerprint density at radius 2 is 1.85 bits per heavy atom. The van der Waals surface area contributed by atoms with Crippen LogP contribution in [-0.4, -0.2) is 65.7 Å². The van der Waals surface area contributed by atoms with E-state index in [9.17, 15) is 28.1 Å². The zero-order valence-corrected chi connectivity index (χ0v) is 21.7. The summed E-state index contributed by atoms with van der Waals surface area (Å²) in [5.74, 6) is 1.30. The van der Waals surface area contributed by atoms with Crippen molar-refractivity contribution < 1.29 is 27.6 Å². The van der Waals surface area contributed by atoms with E-state index >= 15 is 0 Å². The molecule has 1 aliphatic heterocycles. The predicted octanol–water partition coefficient (Wildman–Crippen LogP) is 5.05. The first-order chi connectivity index (χ1) is 18.6. The molecule has 0 spiro atoms. The summed E-state index contributed by atoms with van der Waals surface area (Å²) >= 11 is 0. The zero-order chi connectivity index (χ0) is 28.0. The summed E-state index contributed by atoms with van der Waals surface area (Å²) in [5, 5.41) is 17.0. The monoisotopic (exact) mass is 550 g/mol. The highest BCUT2D eigenvalue weighted by Crippen LogP contribution is 2.38. The van der Waals surface area contributed by atoms with E-state index in [0.717, 1.165) is 24.4 Å². The van der Waals surface area contributed by atoms with Gasteiger partial charge in [-0.15, -0.1) is 0 Å². The lowest BCUT2D eigenvalue weighted by atomic mass is 9.92. The molecule has 1 saturated heterocycles. The van der Waals surface area contributed by atoms with E-state index in [4.69, 9.17) is 4.74 Å². The third-order valence-corrected chi connectivity index (χ3v) is 6.96. The van der Waals surface area contributed by atoms with Crippen LogP contribution in [0.1, 0.15) is 44.6 Å². The Kier molecular flexibility index (Phi) is 8.97. The molecule has 10 nitrogen and oxygen atoms in total. The highest BCUT2D eigenvalue weighted by Gasteiger charge is 2.38. The van der Waals surface area contributed by atoms with Crippen molar-refractivity contribution in [3.63, 3.8) is 0 Å². The Bertz CT molecular complexity index is 1150. The number of nitrogens with one attached hydrogen (secondary N) is 2. The van der Waals surface area contributed by atoms with Crippen molar-refractivity contribution in [2.45, 2.75) is 57.3 Å². The number of piperazine rings is 1. The Morgan fingerprint density at radius 1 is 1.13 bits per heavy atom. The molecule has 2 aliphatic rings. The van der Waals surface area contributed by atoms with Crippen LogP contribution in [0.25, 0.3) is 0 Å². The molecule has 1 aliphatic carbocycles. The van der Waals surface area contributed by atoms with E-state index in [1.165, 1.54) is 6.07 Å². The van der Waals surface area contributed by atoms with Gasteiger partial charge in [-0.2, -0.15) is 18.2 Å². The first kappa shape index (κ1) is 28.2. The molecule has 2 aromatic rings. The number of hydrogen-bond donors (Lipinski definition) is 2. The van der Waals surface area contributed by atoms with Gasteiger partial charge in [-0.25, -0.2) is 4.79 Å². The molecule has 0 unspecified atom stereocenters. The number of rotatable bonds is 8. The standard InChI is InChI=1S/C26H33F3N6O4/c1-2-12-30-25(36)34-15-13-33(14-16-34)23-4-3-5-24(32-23)39-20-9-6-18(7-10-20)31-19-8-11-22(35(37)38)21(17-19)26(27,28)29/h3-5,8,11,17-18,20,31H,2,6-7,9-10,12-16H2,1H3,(H,30,36). The molecule has 13 heteroatoms. The molecule has 2 fully saturated rings. The summed E-state index contributed by atoms with van der Waals surface area (Å²) in [6, 6.07) is 8.49. The highest BCUT2D eigenvalue weighted by molar-refractivity contribution is 5.74. The summed E-state index contributed by atoms with van der Waals surface area (Å²) < 4.78 is 46.0. The first-order valence-electron chi connectivity index (χ1n) is 13.2. The number of nitrogens with zero attached hydrogens (tertiary/aromatic N) is 4. The molecule has 0 radical (unpaired) electrons. The first-order valence-corrected chi connectivity index (χ1v) is 13.2. The fraction of sp³-hybridized carbons (Fsp3) is 0.538. The van der Waals surface area contributed by atoms with Crippen molar-refractivity contribution in [3.05, 3.63) is 52.1 Å². The quantitative estimate of drug-likeness (QED) is 0.349. The molecule has 0 bridgehead atoms. The van der Waals surface area contributed by atoms with Gasteiger partial charge in [-0.05, 0) is 50.3 Å². The summed E-state index contributed by atoms with van der Waals surface area (Å²) in [6.07, 6.45) is -1.28. The molecule has 212 valence electrons. The maximum Gasteiger partial charge on any atom is 0.423 e. The number of urea groups is 1. The summed E-state index contributed by atoms with van der Waals surface area (Å²) in [6.45, 7) is 5.24. The summed E-state index contributed by atoms with van der Waals surface area (Å²) in [5.41, 5.74) is -2.02. The minimum Gasteiger partial charge on any atom is -0.474 e. The van der Waals surface area contributed by atoms with Gasteiger partial charge in [0.2, 0.25) is 5.88 Å². The van der Waals surface area contributed by atoms with Gasteiger partial charge in [-0.1, -0.05) is 13.0 Å². The zero-order valence-electron chi connectivity index (χ0n) is 21.7. The number of anilines is 2. The number of carbonyl (C=O) groups is 1. The number of aromatic nitrogens is 1. The number of ether oxygens (including phenoxy) is 1. The number of pyridine rings is 1. The van der Waals surface area contributed by atoms with Crippen LogP contribution >= 0.6 is 0 Å². The van der Waals surface area contributed by atoms with Crippen molar-refractivity contribution >= 4 is 23.2 Å². The van der Waals surface area contributed by atoms with E-state index in [0.29, 0.717) is 64.3 Å². The van der Waals surface area contributed by atoms with Crippen LogP contribution in [0.15, 0.2) is 36.4 Å². The second kappa shape index (κ2) is 12.4. The van der Waals surface area contributed by atoms with Gasteiger partial charge in [0.15, 0.2) is 0 Å². The van der Waals surface area contributed by atoms with Gasteiger partial charge in [0, 0.05) is 56.6 Å². The van der Waals surface area contributed by atoms with Crippen LogP contribution in [0.3, 0.4) is 0 Å². The van der Waals surface area contributed by atoms with Crippen LogP contribution in [0.4, 0.5) is 35.2 Å². The number of benzene rings is 1. The highest BCUT2D eigenvalue weighted by atomic mass is 19.4. The fourth-order valence-electron chi connectivity index (χ4n) is 4.87. The van der Waals surface area contributed by atoms with Crippen LogP contribution in [0.5, 0.6) is 5.88 Å². The molecule has 2 amide bonds. The number of nitro benzene ring substituents is 1. The second-order valence-electron chi connectivity index (χ2n) is 9.76. The number of nitro groups is 1. The summed E-state index contributed by atoms with van der Waals surface area (Å²) in [4.78, 5) is 30.7. The molecule has 2 heterocycles. The van der Waals surface area contributed by atoms with Crippen molar-refractivity contribution in [3.8, 4) is 5.88 Å². The smallest absolute Gasteiger partial charge is 0.423 e. The van der Waals surface area contributed by atoms with E-state index in [2.05, 4.69) is 20.5 Å². The lowest BCUT2D eigenvalue weighted by Gasteiger charge is -2.35. The Hall–Kier alpha value is -3.77. The van der Waals surface area contributed by atoms with E-state index < -0.39 is 22.4 Å². The van der Waals surface area contributed by atoms with Crippen molar-refractivity contribution in [2.24, 2.45) is 0 Å². The largest absolute Gasteiger partial charge is 0.474 e. The Morgan fingerprint density at radius 3 is 2.49 bits per heavy atom. The molecule has 1 saturated carbocycles. The molecule has 0 atom stereocenters. The normalized spacial score (nSPS) is 19.9. The van der Waals surface area contributed by atoms with Crippen molar-refractivity contribution in [1.29, 1.82) is 0 Å². The second-order valence-corrected chi connectivity index (χ2v) is 9.76. The minimum atomic E-state index is -4.82. The topological polar surface area (TPSA) is 113 Å². The molecule has 1 aromatic carbocycles. The van der Waals surface area contributed by atoms with Crippen LogP contribution in [0.2, 0.25) is 0 Å². The van der Waals surface area contributed by atoms with Crippen LogP contribution in [0, 0.1) is 10.1 Å². The number of halogens is 3. The van der Waals surface area contributed by atoms with Gasteiger partial charge < -0.3 is 25.2 Å². The lowest BCUT2D eigenvalue weighted by Crippen LogP contribution is -2.52. The maximum absolute atomic E-state index is 13.3. The number of carbonyl (C=O) groups excluding carboxylic acids is 1. The van der Waals surface area contributed by atoms with Gasteiger partial charge in [0.25, 0.3) is 5.69 Å². The third-order valence-electron chi connectivity index (χ3n) is 6.96. The molecule has 1 aromatic heterocycles. The van der Waals surface area contributed by atoms with E-state index in [1.807, 2.05) is 19.1 Å². The number of alkyl halides is 3. The summed E-state index contributed by atoms with van der Waals surface area (Å²) in [7, 11) is 0. The fourth-order valence-corrected chi connectivity index (χ4v) is 4.87. The van der Waals surface area contributed by atoms with Gasteiger partial charge in [-0.3, -0.25) is 10.1 Å². The predicted molar refractivity (Wildman–Crippen MR) is 140 cm³/mol. The average Bonchev–Trinajstić information content (AvgIpc) is 2.92. The third kappa shape index (κ3) is 7.42. The van der Waals surface area contributed by atoms with Gasteiger partial charge >= 0.3 is 12.2 Å². The molecule has 39 heavy (non-hydrogen) atoms. The van der Waals surface area contributed by atoms with E-state index in [-0.39, 0.29) is 23.9 Å². The Balaban J connectivity index is 1.27. The van der Waals surface area contributed by atoms with Crippen molar-refractivity contribution in [2.75, 3.05) is 42.9 Å². The Labute approximate surface area is 224 Å².